The molecule has 2 saturated heterocycles. The number of halogens is 3. The Balaban J connectivity index is 1.33. The van der Waals surface area contributed by atoms with E-state index in [9.17, 15) is 22.8 Å². The number of likely N-dealkylation sites (tertiary alicyclic amines) is 1. The molecule has 8 nitrogen and oxygen atoms in total. The molecule has 1 saturated carbocycles. The number of benzene rings is 1. The number of aliphatic imine (C=N–C) groups is 1. The molecule has 3 fully saturated rings. The van der Waals surface area contributed by atoms with Gasteiger partial charge in [0.25, 0.3) is 5.91 Å². The topological polar surface area (TPSA) is 87.1 Å². The Kier molecular flexibility index (Phi) is 7.28. The molecule has 196 valence electrons. The van der Waals surface area contributed by atoms with Crippen LogP contribution in [-0.2, 0) is 15.8 Å². The number of ether oxygens (including phenoxy) is 1. The highest BCUT2D eigenvalue weighted by Gasteiger charge is 2.35. The lowest BCUT2D eigenvalue weighted by molar-refractivity contribution is -0.137. The zero-order valence-electron chi connectivity index (χ0n) is 19.8. The lowest BCUT2D eigenvalue weighted by Crippen LogP contribution is -2.35. The van der Waals surface area contributed by atoms with Gasteiger partial charge < -0.3 is 15.0 Å². The molecular weight excluding hydrogens is 527 g/mol. The number of hydrogen-bond acceptors (Lipinski definition) is 8. The number of amides is 2. The Bertz CT molecular complexity index is 1250. The van der Waals surface area contributed by atoms with Gasteiger partial charge in [-0.3, -0.25) is 14.5 Å². The number of carbonyl (C=O) groups is 2. The van der Waals surface area contributed by atoms with Crippen LogP contribution in [0, 0.1) is 0 Å². The van der Waals surface area contributed by atoms with E-state index in [4.69, 9.17) is 4.74 Å². The van der Waals surface area contributed by atoms with Gasteiger partial charge in [0.1, 0.15) is 11.9 Å². The van der Waals surface area contributed by atoms with Gasteiger partial charge in [-0.1, -0.05) is 11.3 Å². The molecule has 37 heavy (non-hydrogen) atoms. The van der Waals surface area contributed by atoms with Crippen LogP contribution in [0.4, 0.5) is 24.0 Å². The average Bonchev–Trinajstić information content (AvgIpc) is 3.48. The number of rotatable bonds is 7. The Morgan fingerprint density at radius 1 is 1.24 bits per heavy atom. The van der Waals surface area contributed by atoms with Crippen LogP contribution in [-0.4, -0.2) is 59.7 Å². The SMILES string of the molecule is CN1CCC(Oc2ccc(N=C3NC(=O)/C(=C/c4cnc(N(C=O)C5CC5)s4)S3)c(C(F)(F)F)c2)CC1. The largest absolute Gasteiger partial charge is 0.490 e. The van der Waals surface area contributed by atoms with E-state index in [1.54, 1.807) is 17.2 Å². The number of aromatic nitrogens is 1. The van der Waals surface area contributed by atoms with Gasteiger partial charge in [-0.15, -0.1) is 0 Å². The third kappa shape index (κ3) is 6.16. The van der Waals surface area contributed by atoms with E-state index in [0.29, 0.717) is 10.0 Å². The summed E-state index contributed by atoms with van der Waals surface area (Å²) in [5, 5.41) is 3.11. The fraction of sp³-hybridized carbons (Fsp3) is 0.417. The van der Waals surface area contributed by atoms with Crippen molar-refractivity contribution in [1.82, 2.24) is 15.2 Å². The summed E-state index contributed by atoms with van der Waals surface area (Å²) in [4.78, 5) is 36.8. The molecule has 13 heteroatoms. The van der Waals surface area contributed by atoms with Crippen LogP contribution >= 0.6 is 23.1 Å². The fourth-order valence-corrected chi connectivity index (χ4v) is 5.83. The minimum atomic E-state index is -4.65. The van der Waals surface area contributed by atoms with Crippen LogP contribution in [0.1, 0.15) is 36.1 Å². The summed E-state index contributed by atoms with van der Waals surface area (Å²) in [7, 11) is 2.00. The second kappa shape index (κ2) is 10.5. The van der Waals surface area contributed by atoms with Crippen LogP contribution in [0.5, 0.6) is 5.75 Å². The first-order valence-corrected chi connectivity index (χ1v) is 13.4. The molecule has 5 rings (SSSR count). The van der Waals surface area contributed by atoms with Crippen molar-refractivity contribution in [1.29, 1.82) is 0 Å². The molecule has 2 aliphatic heterocycles. The minimum Gasteiger partial charge on any atom is -0.490 e. The Hall–Kier alpha value is -2.90. The van der Waals surface area contributed by atoms with Crippen molar-refractivity contribution in [2.45, 2.75) is 44.0 Å². The second-order valence-corrected chi connectivity index (χ2v) is 11.1. The number of thioether (sulfide) groups is 1. The fourth-order valence-electron chi connectivity index (χ4n) is 4.03. The van der Waals surface area contributed by atoms with E-state index >= 15 is 0 Å². The number of nitrogens with zero attached hydrogens (tertiary/aromatic N) is 4. The maximum Gasteiger partial charge on any atom is 0.418 e. The first-order valence-electron chi connectivity index (χ1n) is 11.7. The van der Waals surface area contributed by atoms with Crippen LogP contribution in [0.3, 0.4) is 0 Å². The standard InChI is InChI=1S/C24H24F3N5O3S2/c1-31-8-6-15(7-9-31)35-16-4-5-19(18(10-16)24(25,26)27)29-22-30-21(34)20(37-22)11-17-12-28-23(36-17)32(13-33)14-2-3-14/h4-5,10-15H,2-3,6-9H2,1H3,(H,29,30,34)/b20-11-. The van der Waals surface area contributed by atoms with E-state index in [2.05, 4.69) is 20.2 Å². The molecule has 1 aliphatic carbocycles. The van der Waals surface area contributed by atoms with E-state index in [0.717, 1.165) is 63.0 Å². The van der Waals surface area contributed by atoms with Crippen molar-refractivity contribution < 1.29 is 27.5 Å². The molecule has 0 atom stereocenters. The van der Waals surface area contributed by atoms with Crippen LogP contribution in [0.2, 0.25) is 0 Å². The zero-order valence-corrected chi connectivity index (χ0v) is 21.5. The van der Waals surface area contributed by atoms with Gasteiger partial charge in [-0.2, -0.15) is 13.2 Å². The zero-order chi connectivity index (χ0) is 26.2. The molecule has 1 aromatic heterocycles. The summed E-state index contributed by atoms with van der Waals surface area (Å²) in [6.07, 6.45) is 2.45. The predicted octanol–water partition coefficient (Wildman–Crippen LogP) is 4.65. The molecule has 3 heterocycles. The molecule has 1 aromatic carbocycles. The molecule has 0 spiro atoms. The monoisotopic (exact) mass is 551 g/mol. The normalized spacial score (nSPS) is 21.5. The third-order valence-corrected chi connectivity index (χ3v) is 8.04. The second-order valence-electron chi connectivity index (χ2n) is 9.07. The average molecular weight is 552 g/mol. The number of amidine groups is 1. The highest BCUT2D eigenvalue weighted by molar-refractivity contribution is 8.18. The number of nitrogens with one attached hydrogen (secondary N) is 1. The van der Waals surface area contributed by atoms with Crippen molar-refractivity contribution in [3.63, 3.8) is 0 Å². The molecule has 2 amide bonds. The Labute approximate surface area is 219 Å². The van der Waals surface area contributed by atoms with Gasteiger partial charge in [0.15, 0.2) is 10.3 Å². The molecule has 0 radical (unpaired) electrons. The Morgan fingerprint density at radius 2 is 2.00 bits per heavy atom. The summed E-state index contributed by atoms with van der Waals surface area (Å²) in [6, 6.07) is 3.86. The highest BCUT2D eigenvalue weighted by atomic mass is 32.2. The first-order chi connectivity index (χ1) is 17.7. The third-order valence-electron chi connectivity index (χ3n) is 6.17. The summed E-state index contributed by atoms with van der Waals surface area (Å²) < 4.78 is 47.4. The van der Waals surface area contributed by atoms with Crippen molar-refractivity contribution in [3.05, 3.63) is 39.7 Å². The van der Waals surface area contributed by atoms with Gasteiger partial charge in [0.2, 0.25) is 6.41 Å². The maximum atomic E-state index is 13.9. The maximum absolute atomic E-state index is 13.9. The highest BCUT2D eigenvalue weighted by Crippen LogP contribution is 2.40. The van der Waals surface area contributed by atoms with E-state index in [1.165, 1.54) is 23.5 Å². The lowest BCUT2D eigenvalue weighted by Gasteiger charge is -2.29. The quantitative estimate of drug-likeness (QED) is 0.398. The van der Waals surface area contributed by atoms with Crippen LogP contribution in [0.25, 0.3) is 6.08 Å². The molecule has 0 bridgehead atoms. The minimum absolute atomic E-state index is 0.0444. The number of hydrogen-bond donors (Lipinski definition) is 1. The molecule has 1 N–H and O–H groups in total. The molecular formula is C24H24F3N5O3S2. The smallest absolute Gasteiger partial charge is 0.418 e. The van der Waals surface area contributed by atoms with Gasteiger partial charge in [0, 0.05) is 25.3 Å². The van der Waals surface area contributed by atoms with Gasteiger partial charge in [0.05, 0.1) is 21.0 Å². The number of thiazole rings is 1. The number of alkyl halides is 3. The summed E-state index contributed by atoms with van der Waals surface area (Å²) in [6.45, 7) is 1.65. The van der Waals surface area contributed by atoms with Gasteiger partial charge >= 0.3 is 6.18 Å². The Morgan fingerprint density at radius 3 is 2.68 bits per heavy atom. The summed E-state index contributed by atoms with van der Waals surface area (Å²) in [5.41, 5.74) is -1.24. The molecule has 0 unspecified atom stereocenters. The van der Waals surface area contributed by atoms with Gasteiger partial charge in [-0.25, -0.2) is 9.98 Å². The van der Waals surface area contributed by atoms with Crippen molar-refractivity contribution in [2.75, 3.05) is 25.0 Å². The van der Waals surface area contributed by atoms with Crippen molar-refractivity contribution in [2.24, 2.45) is 4.99 Å². The predicted molar refractivity (Wildman–Crippen MR) is 137 cm³/mol. The van der Waals surface area contributed by atoms with E-state index in [-0.39, 0.29) is 33.7 Å². The number of piperidine rings is 1. The van der Waals surface area contributed by atoms with Crippen LogP contribution < -0.4 is 15.0 Å². The van der Waals surface area contributed by atoms with E-state index < -0.39 is 17.6 Å². The van der Waals surface area contributed by atoms with E-state index in [1.807, 2.05) is 7.05 Å². The number of anilines is 1. The van der Waals surface area contributed by atoms with Crippen LogP contribution in [0.15, 0.2) is 34.3 Å². The first kappa shape index (κ1) is 25.7. The molecule has 3 aliphatic rings. The summed E-state index contributed by atoms with van der Waals surface area (Å²) in [5.74, 6) is -0.324. The summed E-state index contributed by atoms with van der Waals surface area (Å²) >= 11 is 2.20. The van der Waals surface area contributed by atoms with Crippen molar-refractivity contribution >= 4 is 57.5 Å². The molecule has 2 aromatic rings. The van der Waals surface area contributed by atoms with Crippen molar-refractivity contribution in [3.8, 4) is 5.75 Å². The lowest BCUT2D eigenvalue weighted by atomic mass is 10.1. The number of carbonyl (C=O) groups excluding carboxylic acids is 2. The van der Waals surface area contributed by atoms with Gasteiger partial charge in [-0.05, 0) is 68.8 Å².